The molecule has 1 N–H and O–H groups in total. The topological polar surface area (TPSA) is 73.0 Å². The van der Waals surface area contributed by atoms with E-state index in [0.29, 0.717) is 26.2 Å². The molecule has 0 aromatic heterocycles. The van der Waals surface area contributed by atoms with Crippen molar-refractivity contribution in [3.8, 4) is 0 Å². The predicted molar refractivity (Wildman–Crippen MR) is 101 cm³/mol. The van der Waals surface area contributed by atoms with E-state index in [-0.39, 0.29) is 29.8 Å². The Hall–Kier alpha value is -2.83. The third-order valence-corrected chi connectivity index (χ3v) is 5.74. The molecule has 0 spiro atoms. The fourth-order valence-corrected chi connectivity index (χ4v) is 4.07. The van der Waals surface area contributed by atoms with Gasteiger partial charge in [-0.3, -0.25) is 14.4 Å². The summed E-state index contributed by atoms with van der Waals surface area (Å²) in [6.45, 7) is 8.29. The van der Waals surface area contributed by atoms with Crippen LogP contribution in [0, 0.1) is 0 Å². The van der Waals surface area contributed by atoms with Gasteiger partial charge >= 0.3 is 0 Å². The van der Waals surface area contributed by atoms with Gasteiger partial charge in [0, 0.05) is 56.9 Å². The molecule has 1 atom stereocenters. The van der Waals surface area contributed by atoms with E-state index in [0.717, 1.165) is 29.8 Å². The van der Waals surface area contributed by atoms with E-state index in [2.05, 4.69) is 11.9 Å². The van der Waals surface area contributed by atoms with Crippen LogP contribution in [0.1, 0.15) is 29.3 Å². The maximum Gasteiger partial charge on any atom is 0.254 e. The van der Waals surface area contributed by atoms with Crippen LogP contribution in [-0.2, 0) is 16.1 Å². The van der Waals surface area contributed by atoms with Gasteiger partial charge in [0.05, 0.1) is 6.04 Å². The fraction of sp³-hybridized carbons (Fsp3) is 0.450. The van der Waals surface area contributed by atoms with Crippen LogP contribution in [0.4, 0.5) is 5.69 Å². The summed E-state index contributed by atoms with van der Waals surface area (Å²) in [4.78, 5) is 41.3. The van der Waals surface area contributed by atoms with Crippen LogP contribution in [0.15, 0.2) is 30.9 Å². The molecule has 2 fully saturated rings. The molecule has 1 aromatic carbocycles. The summed E-state index contributed by atoms with van der Waals surface area (Å²) >= 11 is 0. The molecule has 1 aromatic rings. The summed E-state index contributed by atoms with van der Waals surface area (Å²) in [6.07, 6.45) is 2.22. The lowest BCUT2D eigenvalue weighted by Crippen LogP contribution is -2.60. The Morgan fingerprint density at radius 2 is 2.00 bits per heavy atom. The van der Waals surface area contributed by atoms with Crippen molar-refractivity contribution in [1.29, 1.82) is 0 Å². The highest BCUT2D eigenvalue weighted by Gasteiger charge is 2.40. The van der Waals surface area contributed by atoms with E-state index in [1.54, 1.807) is 11.8 Å². The molecule has 3 heterocycles. The molecular formula is C20H24N4O3. The van der Waals surface area contributed by atoms with Gasteiger partial charge in [0.25, 0.3) is 5.91 Å². The molecule has 3 aliphatic rings. The van der Waals surface area contributed by atoms with E-state index in [9.17, 15) is 14.4 Å². The van der Waals surface area contributed by atoms with E-state index >= 15 is 0 Å². The van der Waals surface area contributed by atoms with Crippen molar-refractivity contribution in [2.75, 3.05) is 31.5 Å². The van der Waals surface area contributed by atoms with Gasteiger partial charge in [-0.25, -0.2) is 0 Å². The zero-order valence-electron chi connectivity index (χ0n) is 15.5. The number of nitrogens with zero attached hydrogens (tertiary/aromatic N) is 3. The first-order chi connectivity index (χ1) is 13.0. The molecule has 0 radical (unpaired) electrons. The SMILES string of the molecule is C=CC(=O)N1CC(N2Cc3ccc(NC4CCN(C(C)=O)C4)cc3C2=O)C1. The van der Waals surface area contributed by atoms with E-state index in [1.807, 2.05) is 28.0 Å². The monoisotopic (exact) mass is 368 g/mol. The molecule has 7 nitrogen and oxygen atoms in total. The number of anilines is 1. The van der Waals surface area contributed by atoms with Crippen molar-refractivity contribution in [2.24, 2.45) is 0 Å². The van der Waals surface area contributed by atoms with Crippen molar-refractivity contribution in [2.45, 2.75) is 32.0 Å². The lowest BCUT2D eigenvalue weighted by Gasteiger charge is -2.43. The van der Waals surface area contributed by atoms with Crippen LogP contribution < -0.4 is 5.32 Å². The van der Waals surface area contributed by atoms with Crippen LogP contribution in [-0.4, -0.2) is 70.7 Å². The standard InChI is InChI=1S/C20H24N4O3/c1-3-19(26)23-11-17(12-23)24-9-14-4-5-15(8-18(14)20(24)27)21-16-6-7-22(10-16)13(2)25/h3-5,8,16-17,21H,1,6-7,9-12H2,2H3. The second-order valence-corrected chi connectivity index (χ2v) is 7.50. The van der Waals surface area contributed by atoms with Gasteiger partial charge in [0.1, 0.15) is 0 Å². The van der Waals surface area contributed by atoms with Crippen LogP contribution in [0.3, 0.4) is 0 Å². The van der Waals surface area contributed by atoms with Crippen molar-refractivity contribution in [3.05, 3.63) is 42.0 Å². The smallest absolute Gasteiger partial charge is 0.254 e. The van der Waals surface area contributed by atoms with E-state index in [4.69, 9.17) is 0 Å². The Kier molecular flexibility index (Phi) is 4.37. The van der Waals surface area contributed by atoms with E-state index in [1.165, 1.54) is 6.08 Å². The van der Waals surface area contributed by atoms with Gasteiger partial charge in [0.15, 0.2) is 0 Å². The van der Waals surface area contributed by atoms with Crippen molar-refractivity contribution in [1.82, 2.24) is 14.7 Å². The van der Waals surface area contributed by atoms with Gasteiger partial charge < -0.3 is 20.0 Å². The maximum absolute atomic E-state index is 12.8. The molecule has 3 amide bonds. The second-order valence-electron chi connectivity index (χ2n) is 7.50. The number of hydrogen-bond donors (Lipinski definition) is 1. The minimum atomic E-state index is -0.0851. The summed E-state index contributed by atoms with van der Waals surface area (Å²) in [5, 5.41) is 3.45. The highest BCUT2D eigenvalue weighted by atomic mass is 16.2. The van der Waals surface area contributed by atoms with Gasteiger partial charge in [-0.1, -0.05) is 12.6 Å². The average molecular weight is 368 g/mol. The highest BCUT2D eigenvalue weighted by molar-refractivity contribution is 5.99. The number of carbonyl (C=O) groups excluding carboxylic acids is 3. The molecule has 0 bridgehead atoms. The fourth-order valence-electron chi connectivity index (χ4n) is 4.07. The lowest BCUT2D eigenvalue weighted by molar-refractivity contribution is -0.132. The maximum atomic E-state index is 12.8. The Labute approximate surface area is 158 Å². The summed E-state index contributed by atoms with van der Waals surface area (Å²) in [7, 11) is 0. The van der Waals surface area contributed by atoms with Crippen LogP contribution in [0.2, 0.25) is 0 Å². The number of hydrogen-bond acceptors (Lipinski definition) is 4. The predicted octanol–water partition coefficient (Wildman–Crippen LogP) is 1.07. The molecule has 142 valence electrons. The molecular weight excluding hydrogens is 344 g/mol. The first kappa shape index (κ1) is 17.6. The Morgan fingerprint density at radius 3 is 2.67 bits per heavy atom. The van der Waals surface area contributed by atoms with Crippen molar-refractivity contribution >= 4 is 23.4 Å². The van der Waals surface area contributed by atoms with Crippen molar-refractivity contribution < 1.29 is 14.4 Å². The number of carbonyl (C=O) groups is 3. The largest absolute Gasteiger partial charge is 0.380 e. The summed E-state index contributed by atoms with van der Waals surface area (Å²) in [6, 6.07) is 6.20. The number of benzene rings is 1. The molecule has 2 saturated heterocycles. The Bertz CT molecular complexity index is 815. The molecule has 3 aliphatic heterocycles. The van der Waals surface area contributed by atoms with Crippen molar-refractivity contribution in [3.63, 3.8) is 0 Å². The average Bonchev–Trinajstić information content (AvgIpc) is 3.20. The van der Waals surface area contributed by atoms with Crippen LogP contribution in [0.5, 0.6) is 0 Å². The van der Waals surface area contributed by atoms with Gasteiger partial charge in [0.2, 0.25) is 11.8 Å². The zero-order valence-corrected chi connectivity index (χ0v) is 15.5. The molecule has 4 rings (SSSR count). The third-order valence-electron chi connectivity index (χ3n) is 5.74. The molecule has 7 heteroatoms. The van der Waals surface area contributed by atoms with Gasteiger partial charge in [-0.05, 0) is 30.2 Å². The summed E-state index contributed by atoms with van der Waals surface area (Å²) in [5.74, 6) is 0.0442. The number of rotatable bonds is 4. The Morgan fingerprint density at radius 1 is 1.22 bits per heavy atom. The van der Waals surface area contributed by atoms with Gasteiger partial charge in [-0.15, -0.1) is 0 Å². The summed E-state index contributed by atoms with van der Waals surface area (Å²) in [5.41, 5.74) is 2.67. The lowest BCUT2D eigenvalue weighted by atomic mass is 10.1. The number of amides is 3. The second kappa shape index (κ2) is 6.72. The molecule has 0 aliphatic carbocycles. The number of nitrogens with one attached hydrogen (secondary N) is 1. The summed E-state index contributed by atoms with van der Waals surface area (Å²) < 4.78 is 0. The minimum absolute atomic E-state index is 0.0288. The number of fused-ring (bicyclic) bond motifs is 1. The molecule has 0 saturated carbocycles. The quantitative estimate of drug-likeness (QED) is 0.807. The Balaban J connectivity index is 1.39. The van der Waals surface area contributed by atoms with Crippen LogP contribution >= 0.6 is 0 Å². The zero-order chi connectivity index (χ0) is 19.1. The van der Waals surface area contributed by atoms with E-state index < -0.39 is 0 Å². The van der Waals surface area contributed by atoms with Crippen LogP contribution in [0.25, 0.3) is 0 Å². The highest BCUT2D eigenvalue weighted by Crippen LogP contribution is 2.30. The normalized spacial score (nSPS) is 21.9. The molecule has 1 unspecified atom stereocenters. The first-order valence-electron chi connectivity index (χ1n) is 9.33. The third kappa shape index (κ3) is 3.18. The molecule has 27 heavy (non-hydrogen) atoms. The minimum Gasteiger partial charge on any atom is -0.380 e. The number of likely N-dealkylation sites (tertiary alicyclic amines) is 2. The first-order valence-corrected chi connectivity index (χ1v) is 9.33. The van der Waals surface area contributed by atoms with Gasteiger partial charge in [-0.2, -0.15) is 0 Å².